The number of rotatable bonds is 3. The second kappa shape index (κ2) is 5.13. The Morgan fingerprint density at radius 3 is 2.89 bits per heavy atom. The highest BCUT2D eigenvalue weighted by Gasteiger charge is 2.08. The van der Waals surface area contributed by atoms with Crippen LogP contribution in [0.2, 0.25) is 0 Å². The SMILES string of the molecule is CC(=O)Nc1ccccc1Oc1ncc[nH]c1=O. The van der Waals surface area contributed by atoms with Crippen molar-refractivity contribution in [2.45, 2.75) is 6.92 Å². The average Bonchev–Trinajstić information content (AvgIpc) is 2.34. The summed E-state index contributed by atoms with van der Waals surface area (Å²) >= 11 is 0. The van der Waals surface area contributed by atoms with Crippen molar-refractivity contribution >= 4 is 11.6 Å². The normalized spacial score (nSPS) is 9.83. The van der Waals surface area contributed by atoms with E-state index in [1.54, 1.807) is 24.3 Å². The van der Waals surface area contributed by atoms with E-state index in [1.807, 2.05) is 0 Å². The van der Waals surface area contributed by atoms with E-state index in [9.17, 15) is 9.59 Å². The third-order valence-corrected chi connectivity index (χ3v) is 2.08. The van der Waals surface area contributed by atoms with Crippen molar-refractivity contribution in [2.24, 2.45) is 0 Å². The summed E-state index contributed by atoms with van der Waals surface area (Å²) in [5.41, 5.74) is 0.0465. The summed E-state index contributed by atoms with van der Waals surface area (Å²) in [5.74, 6) is 0.0631. The van der Waals surface area contributed by atoms with Crippen LogP contribution in [0.1, 0.15) is 6.92 Å². The first kappa shape index (κ1) is 11.8. The first-order valence-electron chi connectivity index (χ1n) is 5.25. The summed E-state index contributed by atoms with van der Waals surface area (Å²) in [6.07, 6.45) is 2.83. The first-order chi connectivity index (χ1) is 8.66. The van der Waals surface area contributed by atoms with Crippen LogP contribution in [0.3, 0.4) is 0 Å². The van der Waals surface area contributed by atoms with Gasteiger partial charge in [-0.2, -0.15) is 0 Å². The molecule has 6 heteroatoms. The molecule has 0 aliphatic carbocycles. The molecule has 0 aliphatic rings. The molecule has 0 atom stereocenters. The molecule has 0 saturated carbocycles. The van der Waals surface area contributed by atoms with Crippen molar-refractivity contribution in [1.29, 1.82) is 0 Å². The van der Waals surface area contributed by atoms with Crippen LogP contribution in [0.15, 0.2) is 41.5 Å². The third-order valence-electron chi connectivity index (χ3n) is 2.08. The highest BCUT2D eigenvalue weighted by atomic mass is 16.5. The molecule has 0 radical (unpaired) electrons. The number of ether oxygens (including phenoxy) is 1. The molecule has 1 aromatic carbocycles. The molecule has 0 unspecified atom stereocenters. The highest BCUT2D eigenvalue weighted by Crippen LogP contribution is 2.26. The lowest BCUT2D eigenvalue weighted by Gasteiger charge is -2.09. The molecule has 0 fully saturated rings. The maximum absolute atomic E-state index is 11.4. The number of hydrogen-bond donors (Lipinski definition) is 2. The second-order valence-electron chi connectivity index (χ2n) is 3.50. The van der Waals surface area contributed by atoms with E-state index >= 15 is 0 Å². The maximum Gasteiger partial charge on any atom is 0.311 e. The summed E-state index contributed by atoms with van der Waals surface area (Å²) in [5, 5.41) is 2.61. The van der Waals surface area contributed by atoms with Gasteiger partial charge < -0.3 is 15.0 Å². The minimum atomic E-state index is -0.435. The quantitative estimate of drug-likeness (QED) is 0.858. The topological polar surface area (TPSA) is 84.1 Å². The lowest BCUT2D eigenvalue weighted by atomic mass is 10.3. The molecule has 0 saturated heterocycles. The summed E-state index contributed by atoms with van der Waals surface area (Å²) in [7, 11) is 0. The predicted molar refractivity (Wildman–Crippen MR) is 65.7 cm³/mol. The molecule has 0 aliphatic heterocycles. The zero-order valence-corrected chi connectivity index (χ0v) is 9.64. The van der Waals surface area contributed by atoms with Gasteiger partial charge in [0.2, 0.25) is 5.91 Å². The van der Waals surface area contributed by atoms with Crippen LogP contribution < -0.4 is 15.6 Å². The molecule has 92 valence electrons. The van der Waals surface area contributed by atoms with Gasteiger partial charge in [-0.25, -0.2) is 4.98 Å². The molecule has 2 aromatic rings. The Kier molecular flexibility index (Phi) is 3.38. The van der Waals surface area contributed by atoms with Gasteiger partial charge in [0, 0.05) is 19.3 Å². The van der Waals surface area contributed by atoms with Crippen molar-refractivity contribution in [3.8, 4) is 11.6 Å². The minimum absolute atomic E-state index is 0.0738. The van der Waals surface area contributed by atoms with Gasteiger partial charge in [0.25, 0.3) is 5.88 Å². The second-order valence-corrected chi connectivity index (χ2v) is 3.50. The number of amides is 1. The van der Waals surface area contributed by atoms with E-state index in [0.29, 0.717) is 11.4 Å². The largest absolute Gasteiger partial charge is 0.432 e. The molecule has 2 N–H and O–H groups in total. The summed E-state index contributed by atoms with van der Waals surface area (Å²) in [4.78, 5) is 28.7. The van der Waals surface area contributed by atoms with Crippen LogP contribution in [0.5, 0.6) is 11.6 Å². The average molecular weight is 245 g/mol. The Labute approximate surface area is 103 Å². The fraction of sp³-hybridized carbons (Fsp3) is 0.0833. The van der Waals surface area contributed by atoms with Gasteiger partial charge in [-0.3, -0.25) is 9.59 Å². The van der Waals surface area contributed by atoms with Gasteiger partial charge in [0.1, 0.15) is 0 Å². The molecule has 0 bridgehead atoms. The van der Waals surface area contributed by atoms with Gasteiger partial charge in [0.05, 0.1) is 5.69 Å². The number of anilines is 1. The molecule has 18 heavy (non-hydrogen) atoms. The maximum atomic E-state index is 11.4. The number of hydrogen-bond acceptors (Lipinski definition) is 4. The van der Waals surface area contributed by atoms with Crippen molar-refractivity contribution in [2.75, 3.05) is 5.32 Å². The minimum Gasteiger partial charge on any atom is -0.432 e. The third kappa shape index (κ3) is 2.73. The molecule has 1 aromatic heterocycles. The van der Waals surface area contributed by atoms with Crippen LogP contribution >= 0.6 is 0 Å². The number of nitrogens with zero attached hydrogens (tertiary/aromatic N) is 1. The molecular formula is C12H11N3O3. The standard InChI is InChI=1S/C12H11N3O3/c1-8(16)15-9-4-2-3-5-10(9)18-12-11(17)13-6-7-14-12/h2-7H,1H3,(H,13,17)(H,15,16). The zero-order valence-electron chi connectivity index (χ0n) is 9.64. The Hall–Kier alpha value is -2.63. The predicted octanol–water partition coefficient (Wildman–Crippen LogP) is 1.52. The summed E-state index contributed by atoms with van der Waals surface area (Å²) in [6.45, 7) is 1.39. The number of benzene rings is 1. The summed E-state index contributed by atoms with van der Waals surface area (Å²) in [6, 6.07) is 6.80. The lowest BCUT2D eigenvalue weighted by molar-refractivity contribution is -0.114. The van der Waals surface area contributed by atoms with Gasteiger partial charge in [-0.15, -0.1) is 0 Å². The van der Waals surface area contributed by atoms with E-state index in [0.717, 1.165) is 0 Å². The van der Waals surface area contributed by atoms with E-state index in [-0.39, 0.29) is 11.8 Å². The van der Waals surface area contributed by atoms with E-state index in [4.69, 9.17) is 4.74 Å². The van der Waals surface area contributed by atoms with Crippen LogP contribution in [0.4, 0.5) is 5.69 Å². The Morgan fingerprint density at radius 1 is 1.39 bits per heavy atom. The van der Waals surface area contributed by atoms with Crippen LogP contribution in [-0.2, 0) is 4.79 Å². The lowest BCUT2D eigenvalue weighted by Crippen LogP contribution is -2.11. The van der Waals surface area contributed by atoms with Gasteiger partial charge in [-0.1, -0.05) is 12.1 Å². The Balaban J connectivity index is 2.32. The van der Waals surface area contributed by atoms with Crippen LogP contribution in [0.25, 0.3) is 0 Å². The van der Waals surface area contributed by atoms with Crippen molar-refractivity contribution in [3.63, 3.8) is 0 Å². The monoisotopic (exact) mass is 245 g/mol. The number of carbonyl (C=O) groups is 1. The van der Waals surface area contributed by atoms with Crippen LogP contribution in [0, 0.1) is 0 Å². The molecular weight excluding hydrogens is 234 g/mol. The number of nitrogens with one attached hydrogen (secondary N) is 2. The van der Waals surface area contributed by atoms with Gasteiger partial charge in [0.15, 0.2) is 5.75 Å². The first-order valence-corrected chi connectivity index (χ1v) is 5.25. The number of carbonyl (C=O) groups excluding carboxylic acids is 1. The zero-order chi connectivity index (χ0) is 13.0. The van der Waals surface area contributed by atoms with Crippen LogP contribution in [-0.4, -0.2) is 15.9 Å². The fourth-order valence-electron chi connectivity index (χ4n) is 1.36. The van der Waals surface area contributed by atoms with E-state index in [2.05, 4.69) is 15.3 Å². The number of aromatic amines is 1. The fourth-order valence-corrected chi connectivity index (χ4v) is 1.36. The van der Waals surface area contributed by atoms with Gasteiger partial charge >= 0.3 is 5.56 Å². The molecule has 6 nitrogen and oxygen atoms in total. The molecule has 1 heterocycles. The molecule has 1 amide bonds. The number of H-pyrrole nitrogens is 1. The Morgan fingerprint density at radius 2 is 2.17 bits per heavy atom. The Bertz CT molecular complexity index is 622. The molecule has 2 rings (SSSR count). The van der Waals surface area contributed by atoms with E-state index < -0.39 is 5.56 Å². The smallest absolute Gasteiger partial charge is 0.311 e. The van der Waals surface area contributed by atoms with Gasteiger partial charge in [-0.05, 0) is 12.1 Å². The van der Waals surface area contributed by atoms with Crippen molar-refractivity contribution < 1.29 is 9.53 Å². The van der Waals surface area contributed by atoms with Crippen molar-refractivity contribution in [1.82, 2.24) is 9.97 Å². The number of aromatic nitrogens is 2. The highest BCUT2D eigenvalue weighted by molar-refractivity contribution is 5.90. The van der Waals surface area contributed by atoms with E-state index in [1.165, 1.54) is 19.3 Å². The summed E-state index contributed by atoms with van der Waals surface area (Å²) < 4.78 is 5.37. The van der Waals surface area contributed by atoms with Crippen molar-refractivity contribution in [3.05, 3.63) is 47.0 Å². The molecule has 0 spiro atoms. The number of para-hydroxylation sites is 2.